The summed E-state index contributed by atoms with van der Waals surface area (Å²) >= 11 is 0. The number of nitrogens with one attached hydrogen (secondary N) is 1. The van der Waals surface area contributed by atoms with Crippen LogP contribution >= 0.6 is 0 Å². The van der Waals surface area contributed by atoms with E-state index in [0.29, 0.717) is 18.0 Å². The third-order valence-electron chi connectivity index (χ3n) is 2.84. The van der Waals surface area contributed by atoms with E-state index >= 15 is 0 Å². The number of benzene rings is 1. The molecule has 0 bridgehead atoms. The first-order valence-electron chi connectivity index (χ1n) is 6.36. The van der Waals surface area contributed by atoms with Crippen molar-refractivity contribution in [2.24, 2.45) is 0 Å². The Kier molecular flexibility index (Phi) is 6.08. The number of ether oxygens (including phenoxy) is 1. The van der Waals surface area contributed by atoms with Gasteiger partial charge in [0.15, 0.2) is 5.69 Å². The highest BCUT2D eigenvalue weighted by Gasteiger charge is 2.23. The first-order chi connectivity index (χ1) is 9.15. The molecule has 0 fully saturated rings. The summed E-state index contributed by atoms with van der Waals surface area (Å²) < 4.78 is 5.28. The van der Waals surface area contributed by atoms with Crippen molar-refractivity contribution < 1.29 is 9.66 Å². The molecule has 0 radical (unpaired) electrons. The van der Waals surface area contributed by atoms with Crippen molar-refractivity contribution in [3.63, 3.8) is 0 Å². The van der Waals surface area contributed by atoms with Crippen LogP contribution in [0.3, 0.4) is 0 Å². The molecule has 0 aliphatic carbocycles. The molecule has 0 unspecified atom stereocenters. The van der Waals surface area contributed by atoms with E-state index in [9.17, 15) is 10.1 Å². The fourth-order valence-corrected chi connectivity index (χ4v) is 1.99. The molecule has 0 saturated carbocycles. The minimum atomic E-state index is -0.361. The summed E-state index contributed by atoms with van der Waals surface area (Å²) in [5, 5.41) is 14.2. The number of hydrogen-bond donors (Lipinski definition) is 1. The van der Waals surface area contributed by atoms with Gasteiger partial charge in [-0.05, 0) is 19.5 Å². The third kappa shape index (κ3) is 3.82. The topological polar surface area (TPSA) is 67.6 Å². The Morgan fingerprint density at radius 3 is 2.68 bits per heavy atom. The molecule has 0 aromatic heterocycles. The zero-order chi connectivity index (χ0) is 14.3. The molecule has 6 heteroatoms. The van der Waals surface area contributed by atoms with Crippen molar-refractivity contribution in [2.75, 3.05) is 38.7 Å². The molecule has 0 amide bonds. The maximum absolute atomic E-state index is 11.2. The quantitative estimate of drug-likeness (QED) is 0.576. The van der Waals surface area contributed by atoms with Crippen LogP contribution < -0.4 is 15.0 Å². The van der Waals surface area contributed by atoms with Gasteiger partial charge in [-0.3, -0.25) is 10.1 Å². The van der Waals surface area contributed by atoms with Crippen LogP contribution in [-0.4, -0.2) is 38.7 Å². The number of hydrogen-bond acceptors (Lipinski definition) is 5. The minimum Gasteiger partial charge on any atom is -0.494 e. The molecule has 19 heavy (non-hydrogen) atoms. The highest BCUT2D eigenvalue weighted by atomic mass is 16.6. The number of nitro groups is 1. The van der Waals surface area contributed by atoms with Crippen LogP contribution in [0.2, 0.25) is 0 Å². The summed E-state index contributed by atoms with van der Waals surface area (Å²) in [6.07, 6.45) is 0.916. The molecule has 1 N–H and O–H groups in total. The fraction of sp³-hybridized carbons (Fsp3) is 0.538. The van der Waals surface area contributed by atoms with Crippen LogP contribution in [-0.2, 0) is 0 Å². The normalized spacial score (nSPS) is 10.3. The smallest absolute Gasteiger partial charge is 0.296 e. The SMILES string of the molecule is CCCN(CCNC)c1c(OC)cccc1[N+](=O)[O-]. The summed E-state index contributed by atoms with van der Waals surface area (Å²) in [5.74, 6) is 0.541. The Morgan fingerprint density at radius 2 is 2.16 bits per heavy atom. The number of anilines is 1. The standard InChI is InChI=1S/C13H21N3O3/c1-4-9-15(10-8-14-2)13-11(16(17)18)6-5-7-12(13)19-3/h5-7,14H,4,8-10H2,1-3H3. The highest BCUT2D eigenvalue weighted by molar-refractivity contribution is 5.71. The summed E-state index contributed by atoms with van der Waals surface area (Å²) in [4.78, 5) is 12.8. The number of rotatable bonds is 8. The van der Waals surface area contributed by atoms with Gasteiger partial charge in [-0.15, -0.1) is 0 Å². The molecule has 0 aliphatic heterocycles. The van der Waals surface area contributed by atoms with Gasteiger partial charge in [0.25, 0.3) is 5.69 Å². The van der Waals surface area contributed by atoms with E-state index in [1.165, 1.54) is 13.2 Å². The van der Waals surface area contributed by atoms with E-state index in [4.69, 9.17) is 4.74 Å². The van der Waals surface area contributed by atoms with Crippen molar-refractivity contribution >= 4 is 11.4 Å². The van der Waals surface area contributed by atoms with Crippen molar-refractivity contribution in [1.82, 2.24) is 5.32 Å². The maximum atomic E-state index is 11.2. The molecular formula is C13H21N3O3. The molecule has 0 atom stereocenters. The lowest BCUT2D eigenvalue weighted by Crippen LogP contribution is -2.32. The van der Waals surface area contributed by atoms with Crippen molar-refractivity contribution in [3.8, 4) is 5.75 Å². The lowest BCUT2D eigenvalue weighted by Gasteiger charge is -2.25. The molecule has 0 heterocycles. The third-order valence-corrected chi connectivity index (χ3v) is 2.84. The van der Waals surface area contributed by atoms with E-state index in [1.807, 2.05) is 18.9 Å². The van der Waals surface area contributed by atoms with Crippen LogP contribution in [0.4, 0.5) is 11.4 Å². The van der Waals surface area contributed by atoms with E-state index in [0.717, 1.165) is 19.5 Å². The summed E-state index contributed by atoms with van der Waals surface area (Å²) in [5.41, 5.74) is 0.649. The Morgan fingerprint density at radius 1 is 1.42 bits per heavy atom. The maximum Gasteiger partial charge on any atom is 0.296 e. The lowest BCUT2D eigenvalue weighted by molar-refractivity contribution is -0.384. The van der Waals surface area contributed by atoms with Gasteiger partial charge in [-0.2, -0.15) is 0 Å². The Bertz CT molecular complexity index is 424. The monoisotopic (exact) mass is 267 g/mol. The molecule has 0 spiro atoms. The Labute approximate surface area is 113 Å². The predicted molar refractivity (Wildman–Crippen MR) is 76.1 cm³/mol. The van der Waals surface area contributed by atoms with Gasteiger partial charge in [-0.1, -0.05) is 13.0 Å². The van der Waals surface area contributed by atoms with Gasteiger partial charge < -0.3 is 15.0 Å². The zero-order valence-electron chi connectivity index (χ0n) is 11.7. The number of nitrogens with zero attached hydrogens (tertiary/aromatic N) is 2. The first-order valence-corrected chi connectivity index (χ1v) is 6.36. The summed E-state index contributed by atoms with van der Waals surface area (Å²) in [6.45, 7) is 4.26. The van der Waals surface area contributed by atoms with Crippen molar-refractivity contribution in [2.45, 2.75) is 13.3 Å². The van der Waals surface area contributed by atoms with Gasteiger partial charge >= 0.3 is 0 Å². The van der Waals surface area contributed by atoms with Gasteiger partial charge in [0.2, 0.25) is 0 Å². The predicted octanol–water partition coefficient (Wildman–Crippen LogP) is 2.04. The van der Waals surface area contributed by atoms with Gasteiger partial charge in [-0.25, -0.2) is 0 Å². The van der Waals surface area contributed by atoms with E-state index < -0.39 is 0 Å². The molecule has 0 aliphatic rings. The second kappa shape index (κ2) is 7.58. The largest absolute Gasteiger partial charge is 0.494 e. The molecule has 106 valence electrons. The van der Waals surface area contributed by atoms with Gasteiger partial charge in [0, 0.05) is 25.7 Å². The Hall–Kier alpha value is -1.82. The molecule has 6 nitrogen and oxygen atoms in total. The molecule has 1 aromatic rings. The van der Waals surface area contributed by atoms with Crippen LogP contribution in [0.1, 0.15) is 13.3 Å². The van der Waals surface area contributed by atoms with E-state index in [-0.39, 0.29) is 10.6 Å². The summed E-state index contributed by atoms with van der Waals surface area (Å²) in [6, 6.07) is 4.91. The number of para-hydroxylation sites is 1. The second-order valence-corrected chi connectivity index (χ2v) is 4.18. The number of likely N-dealkylation sites (N-methyl/N-ethyl adjacent to an activating group) is 1. The van der Waals surface area contributed by atoms with Crippen LogP contribution in [0, 0.1) is 10.1 Å². The first kappa shape index (κ1) is 15.2. The van der Waals surface area contributed by atoms with Crippen molar-refractivity contribution in [1.29, 1.82) is 0 Å². The number of methoxy groups -OCH3 is 1. The molecular weight excluding hydrogens is 246 g/mol. The average molecular weight is 267 g/mol. The van der Waals surface area contributed by atoms with E-state index in [1.54, 1.807) is 12.1 Å². The lowest BCUT2D eigenvalue weighted by atomic mass is 10.2. The fourth-order valence-electron chi connectivity index (χ4n) is 1.99. The summed E-state index contributed by atoms with van der Waals surface area (Å²) in [7, 11) is 3.39. The zero-order valence-corrected chi connectivity index (χ0v) is 11.7. The van der Waals surface area contributed by atoms with Gasteiger partial charge in [0.05, 0.1) is 12.0 Å². The van der Waals surface area contributed by atoms with Gasteiger partial charge in [0.1, 0.15) is 5.75 Å². The Balaban J connectivity index is 3.20. The molecule has 1 rings (SSSR count). The number of nitro benzene ring substituents is 1. The van der Waals surface area contributed by atoms with Crippen LogP contribution in [0.5, 0.6) is 5.75 Å². The van der Waals surface area contributed by atoms with Crippen LogP contribution in [0.15, 0.2) is 18.2 Å². The molecule has 1 aromatic carbocycles. The van der Waals surface area contributed by atoms with Crippen molar-refractivity contribution in [3.05, 3.63) is 28.3 Å². The highest BCUT2D eigenvalue weighted by Crippen LogP contribution is 2.37. The molecule has 0 saturated heterocycles. The van der Waals surface area contributed by atoms with E-state index in [2.05, 4.69) is 5.32 Å². The average Bonchev–Trinajstić information content (AvgIpc) is 2.42. The second-order valence-electron chi connectivity index (χ2n) is 4.18. The minimum absolute atomic E-state index is 0.0869. The van der Waals surface area contributed by atoms with Crippen LogP contribution in [0.25, 0.3) is 0 Å².